The van der Waals surface area contributed by atoms with Crippen LogP contribution in [0.15, 0.2) is 53.3 Å². The second-order valence-electron chi connectivity index (χ2n) is 9.31. The van der Waals surface area contributed by atoms with Crippen LogP contribution >= 0.6 is 46.4 Å². The molecule has 0 spiro atoms. The highest BCUT2D eigenvalue weighted by molar-refractivity contribution is 6.35. The van der Waals surface area contributed by atoms with Gasteiger partial charge in [0, 0.05) is 28.6 Å². The van der Waals surface area contributed by atoms with Crippen molar-refractivity contribution in [1.82, 2.24) is 14.3 Å². The molecule has 1 atom stereocenters. The Labute approximate surface area is 289 Å². The fourth-order valence-electron chi connectivity index (χ4n) is 3.96. The summed E-state index contributed by atoms with van der Waals surface area (Å²) in [5.41, 5.74) is -1.95. The Hall–Kier alpha value is -4.31. The first kappa shape index (κ1) is 38.1. The van der Waals surface area contributed by atoms with Gasteiger partial charge in [0.15, 0.2) is 5.82 Å². The van der Waals surface area contributed by atoms with Crippen molar-refractivity contribution < 1.29 is 41.9 Å². The molecule has 0 aliphatic carbocycles. The first-order valence-electron chi connectivity index (χ1n) is 13.3. The van der Waals surface area contributed by atoms with E-state index in [0.717, 1.165) is 25.3 Å². The van der Waals surface area contributed by atoms with Crippen molar-refractivity contribution in [2.75, 3.05) is 13.7 Å². The Bertz CT molecular complexity index is 1900. The molecule has 0 fully saturated rings. The highest BCUT2D eigenvalue weighted by atomic mass is 35.5. The van der Waals surface area contributed by atoms with Crippen molar-refractivity contribution in [1.29, 1.82) is 0 Å². The van der Waals surface area contributed by atoms with E-state index in [-0.39, 0.29) is 61.7 Å². The van der Waals surface area contributed by atoms with Crippen molar-refractivity contribution in [2.24, 2.45) is 0 Å². The molecule has 48 heavy (non-hydrogen) atoms. The van der Waals surface area contributed by atoms with Crippen molar-refractivity contribution in [3.8, 4) is 17.2 Å². The average molecular weight is 754 g/mol. The molecular weight excluding hydrogens is 731 g/mol. The number of aryl methyl sites for hydroxylation is 1. The van der Waals surface area contributed by atoms with E-state index in [1.54, 1.807) is 19.1 Å². The lowest BCUT2D eigenvalue weighted by Gasteiger charge is -2.12. The lowest BCUT2D eigenvalue weighted by Crippen LogP contribution is -2.25. The van der Waals surface area contributed by atoms with Gasteiger partial charge in [0.1, 0.15) is 34.0 Å². The van der Waals surface area contributed by atoms with Crippen LogP contribution in [0.3, 0.4) is 0 Å². The van der Waals surface area contributed by atoms with Crippen LogP contribution in [0.1, 0.15) is 35.2 Å². The minimum Gasteiger partial charge on any atom is -0.465 e. The van der Waals surface area contributed by atoms with E-state index in [4.69, 9.17) is 55.9 Å². The Morgan fingerprint density at radius 2 is 1.75 bits per heavy atom. The number of ether oxygens (including phenoxy) is 3. The summed E-state index contributed by atoms with van der Waals surface area (Å²) in [6.45, 7) is -0.195. The largest absolute Gasteiger partial charge is 0.465 e. The predicted octanol–water partition coefficient (Wildman–Crippen LogP) is 7.72. The van der Waals surface area contributed by atoms with E-state index in [2.05, 4.69) is 9.84 Å². The number of rotatable bonds is 10. The van der Waals surface area contributed by atoms with Crippen LogP contribution in [0.25, 0.3) is 5.69 Å². The lowest BCUT2D eigenvalue weighted by molar-refractivity contribution is -0.385. The SMILES string of the molecule is CCOC(=O)C(Cl)Cc1cc(-n2nc(C)n(C(F)F)c2=O)c(F)cc1Cl.COC(=O)c1cc(Oc2ccc(Cl)cc2Cl)ccc1[N+](=O)[O-]. The summed E-state index contributed by atoms with van der Waals surface area (Å²) in [4.78, 5) is 45.6. The number of halogens is 7. The molecule has 0 amide bonds. The summed E-state index contributed by atoms with van der Waals surface area (Å²) in [6.07, 6.45) is -0.115. The normalized spacial score (nSPS) is 11.4. The summed E-state index contributed by atoms with van der Waals surface area (Å²) < 4.78 is 55.5. The molecule has 256 valence electrons. The molecular formula is C29H23Cl4F3N4O8. The molecule has 0 saturated carbocycles. The molecule has 1 unspecified atom stereocenters. The van der Waals surface area contributed by atoms with Crippen molar-refractivity contribution in [3.05, 3.63) is 107 Å². The summed E-state index contributed by atoms with van der Waals surface area (Å²) in [5.74, 6) is -2.25. The average Bonchev–Trinajstić information content (AvgIpc) is 3.32. The molecule has 19 heteroatoms. The Kier molecular flexibility index (Phi) is 13.3. The van der Waals surface area contributed by atoms with Gasteiger partial charge in [-0.25, -0.2) is 18.5 Å². The Morgan fingerprint density at radius 3 is 2.31 bits per heavy atom. The van der Waals surface area contributed by atoms with E-state index >= 15 is 0 Å². The molecule has 1 heterocycles. The number of hydrogen-bond acceptors (Lipinski definition) is 9. The van der Waals surface area contributed by atoms with Crippen LogP contribution in [-0.4, -0.2) is 50.3 Å². The number of nitrogens with zero attached hydrogens (tertiary/aromatic N) is 4. The molecule has 0 aliphatic heterocycles. The van der Waals surface area contributed by atoms with Crippen LogP contribution in [0.5, 0.6) is 11.5 Å². The lowest BCUT2D eigenvalue weighted by atomic mass is 10.1. The molecule has 4 aromatic rings. The van der Waals surface area contributed by atoms with Gasteiger partial charge in [0.25, 0.3) is 5.69 Å². The van der Waals surface area contributed by atoms with E-state index in [1.165, 1.54) is 25.1 Å². The summed E-state index contributed by atoms with van der Waals surface area (Å²) in [7, 11) is 1.13. The predicted molar refractivity (Wildman–Crippen MR) is 170 cm³/mol. The summed E-state index contributed by atoms with van der Waals surface area (Å²) in [5, 5.41) is 14.2. The summed E-state index contributed by atoms with van der Waals surface area (Å²) in [6, 6.07) is 10.4. The molecule has 4 rings (SSSR count). The van der Waals surface area contributed by atoms with Gasteiger partial charge in [-0.15, -0.1) is 16.7 Å². The van der Waals surface area contributed by atoms with E-state index in [1.807, 2.05) is 0 Å². The van der Waals surface area contributed by atoms with Crippen molar-refractivity contribution in [3.63, 3.8) is 0 Å². The number of nitro groups is 1. The number of carbonyl (C=O) groups excluding carboxylic acids is 2. The smallest absolute Gasteiger partial charge is 0.355 e. The number of alkyl halides is 3. The zero-order chi connectivity index (χ0) is 35.9. The minimum atomic E-state index is -3.12. The van der Waals surface area contributed by atoms with Gasteiger partial charge in [-0.1, -0.05) is 34.8 Å². The molecule has 3 aromatic carbocycles. The van der Waals surface area contributed by atoms with Crippen LogP contribution in [0.4, 0.5) is 18.9 Å². The van der Waals surface area contributed by atoms with Crippen LogP contribution < -0.4 is 10.4 Å². The second-order valence-corrected chi connectivity index (χ2v) is 11.1. The van der Waals surface area contributed by atoms with Gasteiger partial charge in [-0.2, -0.15) is 13.5 Å². The fourth-order valence-corrected chi connectivity index (χ4v) is 4.87. The first-order chi connectivity index (χ1) is 22.6. The zero-order valence-corrected chi connectivity index (χ0v) is 27.9. The van der Waals surface area contributed by atoms with Gasteiger partial charge >= 0.3 is 24.2 Å². The first-order valence-corrected chi connectivity index (χ1v) is 14.9. The number of benzene rings is 3. The quantitative estimate of drug-likeness (QED) is 0.0688. The number of aromatic nitrogens is 3. The number of nitro benzene ring substituents is 1. The van der Waals surface area contributed by atoms with Gasteiger partial charge in [0.05, 0.1) is 23.7 Å². The summed E-state index contributed by atoms with van der Waals surface area (Å²) >= 11 is 23.7. The van der Waals surface area contributed by atoms with Gasteiger partial charge in [0.2, 0.25) is 0 Å². The number of carbonyl (C=O) groups is 2. The number of methoxy groups -OCH3 is 1. The molecule has 0 aliphatic rings. The van der Waals surface area contributed by atoms with Gasteiger partial charge in [-0.3, -0.25) is 14.9 Å². The third-order valence-corrected chi connectivity index (χ3v) is 7.37. The Morgan fingerprint density at radius 1 is 1.06 bits per heavy atom. The molecule has 12 nitrogen and oxygen atoms in total. The van der Waals surface area contributed by atoms with Crippen LogP contribution in [-0.2, 0) is 20.7 Å². The molecule has 0 saturated heterocycles. The van der Waals surface area contributed by atoms with Crippen LogP contribution in [0.2, 0.25) is 15.1 Å². The topological polar surface area (TPSA) is 145 Å². The monoisotopic (exact) mass is 752 g/mol. The zero-order valence-electron chi connectivity index (χ0n) is 24.9. The minimum absolute atomic E-state index is 0.0424. The maximum Gasteiger partial charge on any atom is 0.355 e. The van der Waals surface area contributed by atoms with Crippen molar-refractivity contribution >= 4 is 64.0 Å². The fraction of sp³-hybridized carbons (Fsp3) is 0.241. The van der Waals surface area contributed by atoms with Gasteiger partial charge < -0.3 is 14.2 Å². The second kappa shape index (κ2) is 16.7. The Balaban J connectivity index is 0.000000264. The third kappa shape index (κ3) is 9.18. The number of esters is 2. The maximum atomic E-state index is 14.2. The van der Waals surface area contributed by atoms with Gasteiger partial charge in [-0.05, 0) is 55.8 Å². The maximum absolute atomic E-state index is 14.2. The number of hydrogen-bond donors (Lipinski definition) is 0. The van der Waals surface area contributed by atoms with E-state index in [9.17, 15) is 37.7 Å². The standard InChI is InChI=1S/C15H14Cl2F3N3O3.C14H9Cl2NO5/c1-3-26-13(24)10(17)4-8-5-12(11(18)6-9(8)16)23-15(25)22(14(19)20)7(2)21-23;1-21-14(18)10-7-9(3-4-12(10)17(19)20)22-13-5-2-8(15)6-11(13)16/h5-6,10,14H,3-4H2,1-2H3;2-7H,1H3. The highest BCUT2D eigenvalue weighted by Crippen LogP contribution is 2.34. The molecule has 0 bridgehead atoms. The third-order valence-electron chi connectivity index (χ3n) is 6.15. The molecule has 0 N–H and O–H groups in total. The van der Waals surface area contributed by atoms with Crippen LogP contribution in [0, 0.1) is 22.9 Å². The van der Waals surface area contributed by atoms with E-state index in [0.29, 0.717) is 15.5 Å². The van der Waals surface area contributed by atoms with E-state index < -0.39 is 40.3 Å². The molecule has 1 aromatic heterocycles. The van der Waals surface area contributed by atoms with Crippen molar-refractivity contribution in [2.45, 2.75) is 32.2 Å². The highest BCUT2D eigenvalue weighted by Gasteiger charge is 2.24. The molecule has 0 radical (unpaired) electrons.